The number of benzene rings is 1. The number of hydrogen-bond donors (Lipinski definition) is 2. The molecule has 0 saturated heterocycles. The van der Waals surface area contributed by atoms with Crippen LogP contribution < -0.4 is 19.5 Å². The molecular weight excluding hydrogens is 326 g/mol. The highest BCUT2D eigenvalue weighted by molar-refractivity contribution is 5.98. The molecule has 1 aliphatic carbocycles. The SMILES string of the molecule is CCOc1cc(C(=O)NC(C(=O)O)C2CC2)cc(OCC)c1OCC. The summed E-state index contributed by atoms with van der Waals surface area (Å²) in [5.41, 5.74) is 0.280. The molecule has 0 aliphatic heterocycles. The minimum atomic E-state index is -1.02. The maximum absolute atomic E-state index is 12.5. The summed E-state index contributed by atoms with van der Waals surface area (Å²) in [6.07, 6.45) is 1.63. The van der Waals surface area contributed by atoms with Crippen molar-refractivity contribution in [2.75, 3.05) is 19.8 Å². The van der Waals surface area contributed by atoms with E-state index in [1.54, 1.807) is 12.1 Å². The molecule has 1 atom stereocenters. The summed E-state index contributed by atoms with van der Waals surface area (Å²) in [7, 11) is 0. The Morgan fingerprint density at radius 2 is 1.60 bits per heavy atom. The number of amides is 1. The summed E-state index contributed by atoms with van der Waals surface area (Å²) in [5.74, 6) is -0.236. The summed E-state index contributed by atoms with van der Waals surface area (Å²) in [5, 5.41) is 11.9. The quantitative estimate of drug-likeness (QED) is 0.672. The van der Waals surface area contributed by atoms with Crippen LogP contribution in [0.5, 0.6) is 17.2 Å². The summed E-state index contributed by atoms with van der Waals surface area (Å²) < 4.78 is 16.8. The molecule has 7 nitrogen and oxygen atoms in total. The smallest absolute Gasteiger partial charge is 0.326 e. The van der Waals surface area contributed by atoms with Gasteiger partial charge in [0, 0.05) is 5.56 Å². The van der Waals surface area contributed by atoms with E-state index in [-0.39, 0.29) is 11.5 Å². The molecular formula is C18H25NO6. The second-order valence-electron chi connectivity index (χ2n) is 5.73. The molecule has 0 bridgehead atoms. The van der Waals surface area contributed by atoms with Gasteiger partial charge in [-0.1, -0.05) is 0 Å². The van der Waals surface area contributed by atoms with Crippen LogP contribution in [-0.2, 0) is 4.79 Å². The van der Waals surface area contributed by atoms with E-state index in [1.165, 1.54) is 0 Å². The third-order valence-electron chi connectivity index (χ3n) is 3.82. The fourth-order valence-electron chi connectivity index (χ4n) is 2.56. The van der Waals surface area contributed by atoms with E-state index < -0.39 is 17.9 Å². The van der Waals surface area contributed by atoms with Gasteiger partial charge >= 0.3 is 5.97 Å². The Morgan fingerprint density at radius 3 is 2.00 bits per heavy atom. The first-order chi connectivity index (χ1) is 12.0. The highest BCUT2D eigenvalue weighted by Gasteiger charge is 2.37. The molecule has 1 saturated carbocycles. The number of carboxylic acid groups (broad SMARTS) is 1. The molecule has 2 rings (SSSR count). The number of ether oxygens (including phenoxy) is 3. The first-order valence-corrected chi connectivity index (χ1v) is 8.61. The van der Waals surface area contributed by atoms with Gasteiger partial charge in [0.25, 0.3) is 5.91 Å². The summed E-state index contributed by atoms with van der Waals surface area (Å²) in [6.45, 7) is 6.73. The Bertz CT molecular complexity index is 599. The van der Waals surface area contributed by atoms with Gasteiger partial charge in [-0.3, -0.25) is 4.79 Å². The van der Waals surface area contributed by atoms with Crippen LogP contribution in [0, 0.1) is 5.92 Å². The number of rotatable bonds is 10. The van der Waals surface area contributed by atoms with Crippen LogP contribution >= 0.6 is 0 Å². The maximum atomic E-state index is 12.5. The van der Waals surface area contributed by atoms with Crippen molar-refractivity contribution in [1.82, 2.24) is 5.32 Å². The number of carboxylic acids is 1. The molecule has 0 aromatic heterocycles. The van der Waals surface area contributed by atoms with E-state index in [2.05, 4.69) is 5.32 Å². The normalized spacial score (nSPS) is 14.5. The van der Waals surface area contributed by atoms with Gasteiger partial charge < -0.3 is 24.6 Å². The van der Waals surface area contributed by atoms with Crippen LogP contribution in [0.2, 0.25) is 0 Å². The lowest BCUT2D eigenvalue weighted by molar-refractivity contribution is -0.139. The van der Waals surface area contributed by atoms with Gasteiger partial charge in [0.2, 0.25) is 5.75 Å². The van der Waals surface area contributed by atoms with Gasteiger partial charge in [-0.05, 0) is 51.7 Å². The van der Waals surface area contributed by atoms with Gasteiger partial charge in [0.1, 0.15) is 6.04 Å². The highest BCUT2D eigenvalue weighted by Crippen LogP contribution is 2.39. The molecule has 1 aromatic rings. The number of carbonyl (C=O) groups excluding carboxylic acids is 1. The highest BCUT2D eigenvalue weighted by atomic mass is 16.5. The zero-order chi connectivity index (χ0) is 18.4. The monoisotopic (exact) mass is 351 g/mol. The van der Waals surface area contributed by atoms with E-state index >= 15 is 0 Å². The second-order valence-corrected chi connectivity index (χ2v) is 5.73. The molecule has 1 aromatic carbocycles. The van der Waals surface area contributed by atoms with Crippen molar-refractivity contribution >= 4 is 11.9 Å². The van der Waals surface area contributed by atoms with Crippen LogP contribution in [0.1, 0.15) is 44.0 Å². The minimum absolute atomic E-state index is 0.00173. The van der Waals surface area contributed by atoms with E-state index in [0.717, 1.165) is 12.8 Å². The molecule has 1 aliphatic rings. The van der Waals surface area contributed by atoms with Gasteiger partial charge in [-0.15, -0.1) is 0 Å². The number of nitrogens with one attached hydrogen (secondary N) is 1. The van der Waals surface area contributed by atoms with Gasteiger partial charge in [0.05, 0.1) is 19.8 Å². The van der Waals surface area contributed by atoms with Crippen molar-refractivity contribution in [3.05, 3.63) is 17.7 Å². The van der Waals surface area contributed by atoms with E-state index in [9.17, 15) is 14.7 Å². The summed E-state index contributed by atoms with van der Waals surface area (Å²) >= 11 is 0. The first-order valence-electron chi connectivity index (χ1n) is 8.61. The Hall–Kier alpha value is -2.44. The van der Waals surface area contributed by atoms with Crippen LogP contribution in [0.4, 0.5) is 0 Å². The van der Waals surface area contributed by atoms with Crippen LogP contribution in [0.15, 0.2) is 12.1 Å². The number of carbonyl (C=O) groups is 2. The van der Waals surface area contributed by atoms with E-state index in [4.69, 9.17) is 14.2 Å². The van der Waals surface area contributed by atoms with E-state index in [0.29, 0.717) is 37.1 Å². The summed E-state index contributed by atoms with van der Waals surface area (Å²) in [6, 6.07) is 2.24. The van der Waals surface area contributed by atoms with Crippen molar-refractivity contribution in [3.8, 4) is 17.2 Å². The first kappa shape index (κ1) is 18.9. The topological polar surface area (TPSA) is 94.1 Å². The average molecular weight is 351 g/mol. The number of aliphatic carboxylic acids is 1. The molecule has 1 amide bonds. The zero-order valence-electron chi connectivity index (χ0n) is 14.8. The third kappa shape index (κ3) is 4.78. The lowest BCUT2D eigenvalue weighted by atomic mass is 10.1. The van der Waals surface area contributed by atoms with Crippen molar-refractivity contribution in [2.45, 2.75) is 39.7 Å². The van der Waals surface area contributed by atoms with Gasteiger partial charge in [0.15, 0.2) is 11.5 Å². The van der Waals surface area contributed by atoms with Gasteiger partial charge in [-0.2, -0.15) is 0 Å². The largest absolute Gasteiger partial charge is 0.490 e. The fraction of sp³-hybridized carbons (Fsp3) is 0.556. The average Bonchev–Trinajstić information content (AvgIpc) is 3.40. The predicted molar refractivity (Wildman–Crippen MR) is 91.6 cm³/mol. The minimum Gasteiger partial charge on any atom is -0.490 e. The molecule has 0 radical (unpaired) electrons. The Kier molecular flexibility index (Phi) is 6.50. The van der Waals surface area contributed by atoms with E-state index in [1.807, 2.05) is 20.8 Å². The molecule has 138 valence electrons. The molecule has 0 heterocycles. The van der Waals surface area contributed by atoms with Crippen LogP contribution in [0.3, 0.4) is 0 Å². The second kappa shape index (κ2) is 8.60. The zero-order valence-corrected chi connectivity index (χ0v) is 14.8. The van der Waals surface area contributed by atoms with Crippen molar-refractivity contribution in [2.24, 2.45) is 5.92 Å². The lowest BCUT2D eigenvalue weighted by Gasteiger charge is -2.18. The Morgan fingerprint density at radius 1 is 1.08 bits per heavy atom. The fourth-order valence-corrected chi connectivity index (χ4v) is 2.56. The molecule has 25 heavy (non-hydrogen) atoms. The molecule has 2 N–H and O–H groups in total. The van der Waals surface area contributed by atoms with Crippen molar-refractivity contribution < 1.29 is 28.9 Å². The molecule has 7 heteroatoms. The van der Waals surface area contributed by atoms with Crippen molar-refractivity contribution in [1.29, 1.82) is 0 Å². The Balaban J connectivity index is 2.31. The van der Waals surface area contributed by atoms with Gasteiger partial charge in [-0.25, -0.2) is 4.79 Å². The summed E-state index contributed by atoms with van der Waals surface area (Å²) in [4.78, 5) is 23.9. The van der Waals surface area contributed by atoms with Crippen LogP contribution in [-0.4, -0.2) is 42.8 Å². The maximum Gasteiger partial charge on any atom is 0.326 e. The third-order valence-corrected chi connectivity index (χ3v) is 3.82. The Labute approximate surface area is 147 Å². The predicted octanol–water partition coefficient (Wildman–Crippen LogP) is 2.48. The van der Waals surface area contributed by atoms with Crippen LogP contribution in [0.25, 0.3) is 0 Å². The molecule has 1 fully saturated rings. The number of hydrogen-bond acceptors (Lipinski definition) is 5. The van der Waals surface area contributed by atoms with Crippen molar-refractivity contribution in [3.63, 3.8) is 0 Å². The lowest BCUT2D eigenvalue weighted by Crippen LogP contribution is -2.42. The standard InChI is InChI=1S/C18H25NO6/c1-4-23-13-9-12(10-14(24-5-2)16(13)25-6-3)17(20)19-15(18(21)22)11-7-8-11/h9-11,15H,4-8H2,1-3H3,(H,19,20)(H,21,22). The molecule has 0 spiro atoms. The molecule has 1 unspecified atom stereocenters.